The van der Waals surface area contributed by atoms with Gasteiger partial charge < -0.3 is 5.32 Å². The maximum Gasteiger partial charge on any atom is 0.0726 e. The molecule has 23 heavy (non-hydrogen) atoms. The van der Waals surface area contributed by atoms with Crippen molar-refractivity contribution in [2.24, 2.45) is 0 Å². The third kappa shape index (κ3) is 3.14. The van der Waals surface area contributed by atoms with Gasteiger partial charge in [0.15, 0.2) is 0 Å². The highest BCUT2D eigenvalue weighted by atomic mass is 15.2. The van der Waals surface area contributed by atoms with Crippen molar-refractivity contribution in [1.29, 1.82) is 0 Å². The van der Waals surface area contributed by atoms with E-state index in [-0.39, 0.29) is 0 Å². The average molecular weight is 305 g/mol. The molecule has 2 aromatic heterocycles. The van der Waals surface area contributed by atoms with Crippen LogP contribution in [0, 0.1) is 0 Å². The van der Waals surface area contributed by atoms with E-state index in [1.54, 1.807) is 12.4 Å². The molecular weight excluding hydrogens is 286 g/mol. The van der Waals surface area contributed by atoms with Gasteiger partial charge in [0.2, 0.25) is 0 Å². The lowest BCUT2D eigenvalue weighted by atomic mass is 10.1. The third-order valence-corrected chi connectivity index (χ3v) is 4.31. The summed E-state index contributed by atoms with van der Waals surface area (Å²) in [6.07, 6.45) is 10.2. The summed E-state index contributed by atoms with van der Waals surface area (Å²) in [7, 11) is 0. The topological polar surface area (TPSA) is 53.9 Å². The number of pyridine rings is 1. The number of hydrogen-bond acceptors (Lipinski definition) is 5. The molecule has 0 spiro atoms. The highest BCUT2D eigenvalue weighted by Crippen LogP contribution is 2.25. The quantitative estimate of drug-likeness (QED) is 0.803. The number of benzene rings is 1. The molecule has 3 aromatic rings. The Balaban J connectivity index is 1.44. The van der Waals surface area contributed by atoms with E-state index in [0.29, 0.717) is 6.04 Å². The van der Waals surface area contributed by atoms with Gasteiger partial charge in [-0.05, 0) is 18.6 Å². The molecule has 0 aliphatic carbocycles. The van der Waals surface area contributed by atoms with Crippen molar-refractivity contribution < 1.29 is 0 Å². The van der Waals surface area contributed by atoms with Crippen molar-refractivity contribution >= 4 is 16.5 Å². The second kappa shape index (κ2) is 6.30. The fraction of sp³-hybridized carbons (Fsp3) is 0.278. The molecule has 3 heterocycles. The van der Waals surface area contributed by atoms with Gasteiger partial charge in [-0.3, -0.25) is 19.9 Å². The van der Waals surface area contributed by atoms with Gasteiger partial charge in [-0.1, -0.05) is 12.1 Å². The molecular formula is C18H19N5. The Bertz CT molecular complexity index is 784. The highest BCUT2D eigenvalue weighted by Gasteiger charge is 2.23. The Morgan fingerprint density at radius 2 is 2.04 bits per heavy atom. The summed E-state index contributed by atoms with van der Waals surface area (Å²) in [5.41, 5.74) is 2.22. The number of nitrogens with one attached hydrogen (secondary N) is 1. The first kappa shape index (κ1) is 14.1. The maximum absolute atomic E-state index is 4.36. The molecule has 1 aromatic carbocycles. The van der Waals surface area contributed by atoms with Crippen LogP contribution in [0.15, 0.2) is 55.2 Å². The standard InChI is InChI=1S/C18H19N5/c1-2-14-10-19-6-4-17(14)18(3-1)22-15-5-9-23(12-15)13-16-11-20-7-8-21-16/h1-4,6-8,10-11,15,22H,5,9,12-13H2/t15-/m1/s1. The van der Waals surface area contributed by atoms with E-state index in [4.69, 9.17) is 0 Å². The Morgan fingerprint density at radius 1 is 1.09 bits per heavy atom. The van der Waals surface area contributed by atoms with Gasteiger partial charge in [0.25, 0.3) is 0 Å². The second-order valence-electron chi connectivity index (χ2n) is 5.96. The Kier molecular flexibility index (Phi) is 3.86. The van der Waals surface area contributed by atoms with Crippen molar-refractivity contribution in [3.05, 3.63) is 60.9 Å². The summed E-state index contributed by atoms with van der Waals surface area (Å²) in [6.45, 7) is 2.98. The van der Waals surface area contributed by atoms with E-state index in [0.717, 1.165) is 31.7 Å². The highest BCUT2D eigenvalue weighted by molar-refractivity contribution is 5.93. The fourth-order valence-electron chi connectivity index (χ4n) is 3.20. The molecule has 1 saturated heterocycles. The van der Waals surface area contributed by atoms with E-state index in [2.05, 4.69) is 49.4 Å². The Morgan fingerprint density at radius 3 is 2.96 bits per heavy atom. The molecule has 1 N–H and O–H groups in total. The van der Waals surface area contributed by atoms with Gasteiger partial charge in [-0.25, -0.2) is 0 Å². The van der Waals surface area contributed by atoms with Gasteiger partial charge in [0.05, 0.1) is 5.69 Å². The summed E-state index contributed by atoms with van der Waals surface area (Å²) >= 11 is 0. The largest absolute Gasteiger partial charge is 0.380 e. The number of hydrogen-bond donors (Lipinski definition) is 1. The van der Waals surface area contributed by atoms with Crippen molar-refractivity contribution in [2.45, 2.75) is 19.0 Å². The first-order valence-electron chi connectivity index (χ1n) is 7.95. The van der Waals surface area contributed by atoms with Crippen LogP contribution in [0.1, 0.15) is 12.1 Å². The Hall–Kier alpha value is -2.53. The van der Waals surface area contributed by atoms with Crippen LogP contribution in [0.4, 0.5) is 5.69 Å². The summed E-state index contributed by atoms with van der Waals surface area (Å²) in [6, 6.07) is 8.86. The molecule has 5 nitrogen and oxygen atoms in total. The normalized spacial score (nSPS) is 18.3. The zero-order valence-electron chi connectivity index (χ0n) is 12.9. The van der Waals surface area contributed by atoms with Crippen molar-refractivity contribution in [3.63, 3.8) is 0 Å². The minimum Gasteiger partial charge on any atom is -0.380 e. The van der Waals surface area contributed by atoms with Crippen LogP contribution >= 0.6 is 0 Å². The first-order chi connectivity index (χ1) is 11.4. The number of fused-ring (bicyclic) bond motifs is 1. The van der Waals surface area contributed by atoms with E-state index in [9.17, 15) is 0 Å². The van der Waals surface area contributed by atoms with Crippen LogP contribution < -0.4 is 5.32 Å². The van der Waals surface area contributed by atoms with Crippen LogP contribution in [0.3, 0.4) is 0 Å². The molecule has 116 valence electrons. The van der Waals surface area contributed by atoms with E-state index < -0.39 is 0 Å². The average Bonchev–Trinajstić information content (AvgIpc) is 3.03. The lowest BCUT2D eigenvalue weighted by molar-refractivity contribution is 0.324. The van der Waals surface area contributed by atoms with Crippen LogP contribution in [-0.2, 0) is 6.54 Å². The van der Waals surface area contributed by atoms with Gasteiger partial charge in [0, 0.05) is 73.1 Å². The summed E-state index contributed by atoms with van der Waals surface area (Å²) in [5, 5.41) is 6.10. The lowest BCUT2D eigenvalue weighted by Gasteiger charge is -2.18. The maximum atomic E-state index is 4.36. The fourth-order valence-corrected chi connectivity index (χ4v) is 3.20. The molecule has 0 unspecified atom stereocenters. The molecule has 5 heteroatoms. The van der Waals surface area contributed by atoms with E-state index in [1.807, 2.05) is 18.6 Å². The molecule has 1 atom stereocenters. The molecule has 1 aliphatic rings. The van der Waals surface area contributed by atoms with Gasteiger partial charge in [0.1, 0.15) is 0 Å². The third-order valence-electron chi connectivity index (χ3n) is 4.31. The van der Waals surface area contributed by atoms with Crippen LogP contribution in [-0.4, -0.2) is 39.0 Å². The smallest absolute Gasteiger partial charge is 0.0726 e. The SMILES string of the molecule is c1cc(N[C@@H]2CCN(Cc3cnccn3)C2)c2ccncc2c1. The predicted octanol–water partition coefficient (Wildman–Crippen LogP) is 2.71. The summed E-state index contributed by atoms with van der Waals surface area (Å²) in [5.74, 6) is 0. The summed E-state index contributed by atoms with van der Waals surface area (Å²) < 4.78 is 0. The van der Waals surface area contributed by atoms with Crippen molar-refractivity contribution in [1.82, 2.24) is 19.9 Å². The molecule has 1 aliphatic heterocycles. The van der Waals surface area contributed by atoms with Crippen molar-refractivity contribution in [3.8, 4) is 0 Å². The zero-order valence-corrected chi connectivity index (χ0v) is 12.9. The van der Waals surface area contributed by atoms with E-state index >= 15 is 0 Å². The first-order valence-corrected chi connectivity index (χ1v) is 7.95. The molecule has 4 rings (SSSR count). The van der Waals surface area contributed by atoms with Crippen molar-refractivity contribution in [2.75, 3.05) is 18.4 Å². The number of rotatable bonds is 4. The number of nitrogens with zero attached hydrogens (tertiary/aromatic N) is 4. The van der Waals surface area contributed by atoms with Crippen LogP contribution in [0.25, 0.3) is 10.8 Å². The van der Waals surface area contributed by atoms with Crippen LogP contribution in [0.5, 0.6) is 0 Å². The Labute approximate surface area is 135 Å². The minimum absolute atomic E-state index is 0.463. The molecule has 1 fully saturated rings. The second-order valence-corrected chi connectivity index (χ2v) is 5.96. The zero-order chi connectivity index (χ0) is 15.5. The number of anilines is 1. The lowest BCUT2D eigenvalue weighted by Crippen LogP contribution is -2.26. The molecule has 0 bridgehead atoms. The monoisotopic (exact) mass is 305 g/mol. The molecule has 0 amide bonds. The minimum atomic E-state index is 0.463. The van der Waals surface area contributed by atoms with Gasteiger partial charge in [-0.15, -0.1) is 0 Å². The predicted molar refractivity (Wildman–Crippen MR) is 91.1 cm³/mol. The van der Waals surface area contributed by atoms with E-state index in [1.165, 1.54) is 16.5 Å². The number of likely N-dealkylation sites (tertiary alicyclic amines) is 1. The summed E-state index contributed by atoms with van der Waals surface area (Å²) in [4.78, 5) is 15.1. The number of aromatic nitrogens is 3. The molecule has 0 radical (unpaired) electrons. The van der Waals surface area contributed by atoms with Gasteiger partial charge in [-0.2, -0.15) is 0 Å². The molecule has 0 saturated carbocycles. The van der Waals surface area contributed by atoms with Gasteiger partial charge >= 0.3 is 0 Å². The van der Waals surface area contributed by atoms with Crippen LogP contribution in [0.2, 0.25) is 0 Å².